The average Bonchev–Trinajstić information content (AvgIpc) is 3.09. The fourth-order valence-electron chi connectivity index (χ4n) is 3.31. The van der Waals surface area contributed by atoms with Crippen LogP contribution in [0.2, 0.25) is 0 Å². The van der Waals surface area contributed by atoms with Crippen LogP contribution >= 0.6 is 12.4 Å². The summed E-state index contributed by atoms with van der Waals surface area (Å²) in [6, 6.07) is 6.43. The number of fused-ring (bicyclic) bond motifs is 3. The van der Waals surface area contributed by atoms with Crippen molar-refractivity contribution in [2.45, 2.75) is 33.9 Å². The molecule has 3 aromatic rings. The maximum Gasteiger partial charge on any atom is 0.329 e. The number of hydrogen-bond donors (Lipinski definition) is 1. The molecule has 0 unspecified atom stereocenters. The molecule has 0 atom stereocenters. The second-order valence-corrected chi connectivity index (χ2v) is 6.10. The molecule has 4 rings (SSSR count). The predicted molar refractivity (Wildman–Crippen MR) is 92.0 cm³/mol. The average molecular weight is 331 g/mol. The summed E-state index contributed by atoms with van der Waals surface area (Å²) in [5.74, 6) is 0. The Morgan fingerprint density at radius 3 is 2.70 bits per heavy atom. The van der Waals surface area contributed by atoms with E-state index >= 15 is 0 Å². The number of H-pyrrole nitrogens is 1. The normalized spacial score (nSPS) is 13.5. The Kier molecular flexibility index (Phi) is 3.68. The van der Waals surface area contributed by atoms with Gasteiger partial charge in [-0.15, -0.1) is 12.4 Å². The van der Waals surface area contributed by atoms with Crippen molar-refractivity contribution in [1.29, 1.82) is 0 Å². The fraction of sp³-hybridized carbons (Fsp3) is 0.294. The molecule has 0 spiro atoms. The quantitative estimate of drug-likeness (QED) is 0.779. The summed E-state index contributed by atoms with van der Waals surface area (Å²) in [6.45, 7) is 7.32. The number of amides is 1. The molecular weight excluding hydrogens is 312 g/mol. The Labute approximate surface area is 140 Å². The van der Waals surface area contributed by atoms with E-state index in [1.807, 2.05) is 16.4 Å². The third-order valence-corrected chi connectivity index (χ3v) is 4.44. The minimum absolute atomic E-state index is 0. The van der Waals surface area contributed by atoms with Gasteiger partial charge in [0.15, 0.2) is 0 Å². The lowest BCUT2D eigenvalue weighted by molar-refractivity contribution is 0.207. The van der Waals surface area contributed by atoms with Gasteiger partial charge in [-0.1, -0.05) is 6.07 Å². The Bertz CT molecular complexity index is 909. The Morgan fingerprint density at radius 2 is 2.00 bits per heavy atom. The van der Waals surface area contributed by atoms with Gasteiger partial charge in [0.2, 0.25) is 0 Å². The number of benzene rings is 1. The van der Waals surface area contributed by atoms with Crippen molar-refractivity contribution >= 4 is 29.3 Å². The first-order valence-corrected chi connectivity index (χ1v) is 7.44. The van der Waals surface area contributed by atoms with Gasteiger partial charge in [0, 0.05) is 16.8 Å². The minimum Gasteiger partial charge on any atom is -0.348 e. The van der Waals surface area contributed by atoms with Crippen LogP contribution in [0.3, 0.4) is 0 Å². The Morgan fingerprint density at radius 1 is 1.22 bits per heavy atom. The van der Waals surface area contributed by atoms with Crippen LogP contribution in [0, 0.1) is 20.8 Å². The first kappa shape index (κ1) is 15.6. The molecule has 0 bridgehead atoms. The van der Waals surface area contributed by atoms with Crippen LogP contribution in [-0.4, -0.2) is 25.5 Å². The molecule has 1 aliphatic heterocycles. The fourth-order valence-corrected chi connectivity index (χ4v) is 3.31. The third-order valence-electron chi connectivity index (χ3n) is 4.44. The van der Waals surface area contributed by atoms with Crippen molar-refractivity contribution in [3.05, 3.63) is 52.7 Å². The van der Waals surface area contributed by atoms with Crippen LogP contribution in [0.4, 0.5) is 4.79 Å². The maximum atomic E-state index is 12.8. The largest absolute Gasteiger partial charge is 0.348 e. The van der Waals surface area contributed by atoms with Crippen LogP contribution in [0.25, 0.3) is 10.9 Å². The molecule has 0 fully saturated rings. The van der Waals surface area contributed by atoms with E-state index in [1.54, 1.807) is 6.33 Å². The van der Waals surface area contributed by atoms with Gasteiger partial charge in [0.25, 0.3) is 0 Å². The van der Waals surface area contributed by atoms with E-state index < -0.39 is 0 Å². The molecule has 1 amide bonds. The van der Waals surface area contributed by atoms with Crippen LogP contribution < -0.4 is 0 Å². The monoisotopic (exact) mass is 330 g/mol. The van der Waals surface area contributed by atoms with E-state index in [0.717, 1.165) is 22.6 Å². The van der Waals surface area contributed by atoms with Gasteiger partial charge in [-0.05, 0) is 44.0 Å². The van der Waals surface area contributed by atoms with E-state index in [1.165, 1.54) is 16.5 Å². The van der Waals surface area contributed by atoms with Crippen LogP contribution in [-0.2, 0) is 13.1 Å². The van der Waals surface area contributed by atoms with Crippen molar-refractivity contribution in [1.82, 2.24) is 19.4 Å². The first-order valence-electron chi connectivity index (χ1n) is 7.44. The van der Waals surface area contributed by atoms with E-state index in [-0.39, 0.29) is 18.4 Å². The highest BCUT2D eigenvalue weighted by atomic mass is 35.5. The van der Waals surface area contributed by atoms with Crippen molar-refractivity contribution in [3.8, 4) is 0 Å². The third kappa shape index (κ3) is 2.32. The highest BCUT2D eigenvalue weighted by Gasteiger charge is 2.30. The van der Waals surface area contributed by atoms with Crippen molar-refractivity contribution in [2.75, 3.05) is 0 Å². The molecule has 5 nitrogen and oxygen atoms in total. The molecule has 2 aromatic heterocycles. The van der Waals surface area contributed by atoms with Gasteiger partial charge in [-0.2, -0.15) is 0 Å². The highest BCUT2D eigenvalue weighted by molar-refractivity contribution is 5.96. The van der Waals surface area contributed by atoms with Crippen molar-refractivity contribution in [3.63, 3.8) is 0 Å². The standard InChI is InChI=1S/C17H18N4O.ClH/c1-10-4-11(2)14-6-13-7-20(8-15-12(3)18-9-19-15)17(22)21(13)16(14)5-10;/h4-6,9H,7-8H2,1-3H3,(H,18,19);1H. The summed E-state index contributed by atoms with van der Waals surface area (Å²) < 4.78 is 1.84. The Hall–Kier alpha value is -2.27. The summed E-state index contributed by atoms with van der Waals surface area (Å²) in [5.41, 5.74) is 6.41. The van der Waals surface area contributed by atoms with Gasteiger partial charge in [-0.25, -0.2) is 9.78 Å². The molecule has 0 aliphatic carbocycles. The number of carbonyl (C=O) groups excluding carboxylic acids is 1. The number of aromatic amines is 1. The zero-order valence-corrected chi connectivity index (χ0v) is 14.2. The number of aryl methyl sites for hydroxylation is 3. The maximum absolute atomic E-state index is 12.8. The Balaban J connectivity index is 0.00000156. The smallest absolute Gasteiger partial charge is 0.329 e. The summed E-state index contributed by atoms with van der Waals surface area (Å²) in [6.07, 6.45) is 1.67. The van der Waals surface area contributed by atoms with Gasteiger partial charge in [0.1, 0.15) is 0 Å². The second-order valence-electron chi connectivity index (χ2n) is 6.10. The molecular formula is C17H19ClN4O. The summed E-state index contributed by atoms with van der Waals surface area (Å²) in [7, 11) is 0. The van der Waals surface area contributed by atoms with Gasteiger partial charge in [0.05, 0.1) is 30.6 Å². The number of nitrogens with one attached hydrogen (secondary N) is 1. The topological polar surface area (TPSA) is 53.9 Å². The number of nitrogens with zero attached hydrogens (tertiary/aromatic N) is 3. The van der Waals surface area contributed by atoms with E-state index in [4.69, 9.17) is 0 Å². The lowest BCUT2D eigenvalue weighted by Gasteiger charge is -2.14. The molecule has 120 valence electrons. The van der Waals surface area contributed by atoms with E-state index in [2.05, 4.69) is 42.0 Å². The van der Waals surface area contributed by atoms with E-state index in [0.29, 0.717) is 13.1 Å². The zero-order chi connectivity index (χ0) is 15.4. The van der Waals surface area contributed by atoms with Crippen LogP contribution in [0.5, 0.6) is 0 Å². The van der Waals surface area contributed by atoms with Crippen LogP contribution in [0.1, 0.15) is 28.2 Å². The molecule has 23 heavy (non-hydrogen) atoms. The van der Waals surface area contributed by atoms with Crippen molar-refractivity contribution < 1.29 is 4.79 Å². The highest BCUT2D eigenvalue weighted by Crippen LogP contribution is 2.30. The van der Waals surface area contributed by atoms with Gasteiger partial charge < -0.3 is 9.88 Å². The van der Waals surface area contributed by atoms with Gasteiger partial charge >= 0.3 is 6.03 Å². The lowest BCUT2D eigenvalue weighted by atomic mass is 10.1. The predicted octanol–water partition coefficient (Wildman–Crippen LogP) is 3.70. The molecule has 1 aromatic carbocycles. The lowest BCUT2D eigenvalue weighted by Crippen LogP contribution is -2.26. The minimum atomic E-state index is 0. The first-order chi connectivity index (χ1) is 10.5. The molecule has 1 aliphatic rings. The van der Waals surface area contributed by atoms with E-state index in [9.17, 15) is 4.79 Å². The van der Waals surface area contributed by atoms with Crippen LogP contribution in [0.15, 0.2) is 24.5 Å². The molecule has 0 saturated carbocycles. The summed E-state index contributed by atoms with van der Waals surface area (Å²) >= 11 is 0. The molecule has 6 heteroatoms. The summed E-state index contributed by atoms with van der Waals surface area (Å²) in [5, 5.41) is 1.17. The molecule has 1 N–H and O–H groups in total. The zero-order valence-electron chi connectivity index (χ0n) is 13.4. The number of rotatable bonds is 2. The second kappa shape index (κ2) is 5.42. The molecule has 0 saturated heterocycles. The number of hydrogen-bond acceptors (Lipinski definition) is 2. The SMILES string of the molecule is Cc1cc(C)c2cc3n(c2c1)C(=O)N(Cc1nc[nH]c1C)C3.Cl. The summed E-state index contributed by atoms with van der Waals surface area (Å²) in [4.78, 5) is 22.0. The number of imidazole rings is 1. The molecule has 0 radical (unpaired) electrons. The van der Waals surface area contributed by atoms with Crippen molar-refractivity contribution in [2.24, 2.45) is 0 Å². The number of carbonyl (C=O) groups is 1. The van der Waals surface area contributed by atoms with Gasteiger partial charge in [-0.3, -0.25) is 4.57 Å². The number of halogens is 1. The molecule has 3 heterocycles. The number of aromatic nitrogens is 3.